The van der Waals surface area contributed by atoms with Gasteiger partial charge in [0.1, 0.15) is 5.15 Å². The highest BCUT2D eigenvalue weighted by Gasteiger charge is 2.12. The van der Waals surface area contributed by atoms with E-state index in [2.05, 4.69) is 15.6 Å². The van der Waals surface area contributed by atoms with Gasteiger partial charge in [0.05, 0.1) is 5.56 Å². The Hall–Kier alpha value is -2.34. The number of rotatable bonds is 4. The van der Waals surface area contributed by atoms with Gasteiger partial charge in [-0.1, -0.05) is 35.9 Å². The first kappa shape index (κ1) is 14.1. The van der Waals surface area contributed by atoms with Gasteiger partial charge in [-0.3, -0.25) is 4.79 Å². The number of carbonyl (C=O) groups is 2. The molecule has 0 aliphatic heterocycles. The van der Waals surface area contributed by atoms with Gasteiger partial charge in [0.25, 0.3) is 5.91 Å². The third kappa shape index (κ3) is 3.16. The van der Waals surface area contributed by atoms with Crippen LogP contribution in [0.25, 0.3) is 10.8 Å². The van der Waals surface area contributed by atoms with Gasteiger partial charge in [-0.15, -0.1) is 0 Å². The van der Waals surface area contributed by atoms with Crippen LogP contribution in [0.2, 0.25) is 5.15 Å². The van der Waals surface area contributed by atoms with E-state index in [1.807, 2.05) is 12.1 Å². The summed E-state index contributed by atoms with van der Waals surface area (Å²) in [5, 5.41) is 6.86. The van der Waals surface area contributed by atoms with Gasteiger partial charge in [0.15, 0.2) is 0 Å². The van der Waals surface area contributed by atoms with E-state index < -0.39 is 6.03 Å². The molecule has 0 aliphatic carbocycles. The van der Waals surface area contributed by atoms with Crippen molar-refractivity contribution in [3.63, 3.8) is 0 Å². The molecule has 0 spiro atoms. The lowest BCUT2D eigenvalue weighted by Gasteiger charge is -2.08. The molecule has 6 nitrogen and oxygen atoms in total. The van der Waals surface area contributed by atoms with Crippen LogP contribution in [0.3, 0.4) is 0 Å². The molecule has 1 aromatic carbocycles. The number of pyridine rings is 1. The van der Waals surface area contributed by atoms with Crippen molar-refractivity contribution in [3.05, 3.63) is 41.2 Å². The molecule has 0 radical (unpaired) electrons. The smallest absolute Gasteiger partial charge is 0.312 e. The normalized spacial score (nSPS) is 10.2. The maximum Gasteiger partial charge on any atom is 0.312 e. The van der Waals surface area contributed by atoms with Crippen LogP contribution >= 0.6 is 11.6 Å². The quantitative estimate of drug-likeness (QED) is 0.585. The molecule has 20 heavy (non-hydrogen) atoms. The number of nitrogens with one attached hydrogen (secondary N) is 2. The number of aromatic nitrogens is 1. The lowest BCUT2D eigenvalue weighted by Crippen LogP contribution is -2.37. The number of fused-ring (bicyclic) bond motifs is 1. The molecule has 0 saturated heterocycles. The fraction of sp³-hybridized carbons (Fsp3) is 0.154. The molecule has 0 aliphatic rings. The number of benzene rings is 1. The third-order valence-electron chi connectivity index (χ3n) is 2.70. The molecule has 1 aromatic heterocycles. The number of urea groups is 1. The van der Waals surface area contributed by atoms with E-state index in [1.54, 1.807) is 12.1 Å². The molecular weight excluding hydrogens is 280 g/mol. The van der Waals surface area contributed by atoms with Crippen LogP contribution in [-0.4, -0.2) is 30.0 Å². The van der Waals surface area contributed by atoms with E-state index in [4.69, 9.17) is 17.3 Å². The Morgan fingerprint density at radius 1 is 1.15 bits per heavy atom. The second-order valence-electron chi connectivity index (χ2n) is 4.06. The van der Waals surface area contributed by atoms with E-state index >= 15 is 0 Å². The van der Waals surface area contributed by atoms with Crippen LogP contribution < -0.4 is 16.4 Å². The van der Waals surface area contributed by atoms with E-state index in [-0.39, 0.29) is 19.0 Å². The first-order valence-electron chi connectivity index (χ1n) is 5.94. The van der Waals surface area contributed by atoms with Gasteiger partial charge >= 0.3 is 6.03 Å². The molecule has 0 unspecified atom stereocenters. The van der Waals surface area contributed by atoms with Gasteiger partial charge in [0.2, 0.25) is 0 Å². The van der Waals surface area contributed by atoms with E-state index in [0.29, 0.717) is 10.7 Å². The maximum absolute atomic E-state index is 12.1. The van der Waals surface area contributed by atoms with Gasteiger partial charge < -0.3 is 16.4 Å². The van der Waals surface area contributed by atoms with Crippen molar-refractivity contribution in [1.29, 1.82) is 0 Å². The number of primary amides is 1. The fourth-order valence-corrected chi connectivity index (χ4v) is 2.01. The minimum absolute atomic E-state index is 0.264. The summed E-state index contributed by atoms with van der Waals surface area (Å²) in [7, 11) is 0. The number of hydrogen-bond acceptors (Lipinski definition) is 3. The van der Waals surface area contributed by atoms with Crippen molar-refractivity contribution >= 4 is 34.3 Å². The summed E-state index contributed by atoms with van der Waals surface area (Å²) in [6.45, 7) is 0.540. The van der Waals surface area contributed by atoms with Crippen molar-refractivity contribution in [2.24, 2.45) is 5.73 Å². The predicted octanol–water partition coefficient (Wildman–Crippen LogP) is 1.29. The minimum atomic E-state index is -0.627. The standard InChI is InChI=1S/C13H13ClN4O2/c14-11-9-4-2-1-3-8(9)10(7-18-11)12(19)16-5-6-17-13(15)20/h1-4,7H,5-6H2,(H,16,19)(H3,15,17,20). The first-order chi connectivity index (χ1) is 9.59. The summed E-state index contributed by atoms with van der Waals surface area (Å²) < 4.78 is 0. The zero-order valence-corrected chi connectivity index (χ0v) is 11.3. The van der Waals surface area contributed by atoms with Gasteiger partial charge in [-0.25, -0.2) is 9.78 Å². The van der Waals surface area contributed by atoms with Crippen LogP contribution in [0.5, 0.6) is 0 Å². The van der Waals surface area contributed by atoms with Crippen LogP contribution in [0.4, 0.5) is 4.79 Å². The number of nitrogens with two attached hydrogens (primary N) is 1. The predicted molar refractivity (Wildman–Crippen MR) is 76.7 cm³/mol. The number of carbonyl (C=O) groups excluding carboxylic acids is 2. The summed E-state index contributed by atoms with van der Waals surface area (Å²) >= 11 is 5.99. The lowest BCUT2D eigenvalue weighted by molar-refractivity contribution is 0.0955. The van der Waals surface area contributed by atoms with E-state index in [9.17, 15) is 9.59 Å². The third-order valence-corrected chi connectivity index (χ3v) is 3.00. The maximum atomic E-state index is 12.1. The molecule has 0 atom stereocenters. The first-order valence-corrected chi connectivity index (χ1v) is 6.32. The number of halogens is 1. The molecule has 7 heteroatoms. The molecule has 0 saturated carbocycles. The molecule has 4 N–H and O–H groups in total. The molecule has 2 aromatic rings. The van der Waals surface area contributed by atoms with Crippen LogP contribution in [0, 0.1) is 0 Å². The summed E-state index contributed by atoms with van der Waals surface area (Å²) in [4.78, 5) is 26.6. The summed E-state index contributed by atoms with van der Waals surface area (Å²) in [6, 6.07) is 6.63. The average Bonchev–Trinajstić information content (AvgIpc) is 2.44. The highest BCUT2D eigenvalue weighted by Crippen LogP contribution is 2.23. The van der Waals surface area contributed by atoms with Crippen LogP contribution in [0.1, 0.15) is 10.4 Å². The van der Waals surface area contributed by atoms with Crippen molar-refractivity contribution in [2.75, 3.05) is 13.1 Å². The fourth-order valence-electron chi connectivity index (χ4n) is 1.80. The van der Waals surface area contributed by atoms with Gasteiger partial charge in [-0.2, -0.15) is 0 Å². The van der Waals surface area contributed by atoms with Crippen LogP contribution in [-0.2, 0) is 0 Å². The molecule has 0 bridgehead atoms. The molecule has 0 fully saturated rings. The van der Waals surface area contributed by atoms with E-state index in [1.165, 1.54) is 6.20 Å². The number of amides is 3. The Balaban J connectivity index is 2.14. The highest BCUT2D eigenvalue weighted by molar-refractivity contribution is 6.34. The molecule has 3 amide bonds. The van der Waals surface area contributed by atoms with Crippen molar-refractivity contribution in [2.45, 2.75) is 0 Å². The topological polar surface area (TPSA) is 97.1 Å². The second kappa shape index (κ2) is 6.21. The lowest BCUT2D eigenvalue weighted by atomic mass is 10.1. The molecular formula is C13H13ClN4O2. The average molecular weight is 293 g/mol. The molecule has 2 rings (SSSR count). The largest absolute Gasteiger partial charge is 0.352 e. The number of nitrogens with zero attached hydrogens (tertiary/aromatic N) is 1. The van der Waals surface area contributed by atoms with E-state index in [0.717, 1.165) is 10.8 Å². The van der Waals surface area contributed by atoms with Crippen molar-refractivity contribution in [3.8, 4) is 0 Å². The van der Waals surface area contributed by atoms with Crippen LogP contribution in [0.15, 0.2) is 30.5 Å². The van der Waals surface area contributed by atoms with Gasteiger partial charge in [-0.05, 0) is 5.39 Å². The Morgan fingerprint density at radius 3 is 2.50 bits per heavy atom. The Labute approximate surface area is 120 Å². The second-order valence-corrected chi connectivity index (χ2v) is 4.41. The Bertz CT molecular complexity index is 660. The highest BCUT2D eigenvalue weighted by atomic mass is 35.5. The molecule has 1 heterocycles. The minimum Gasteiger partial charge on any atom is -0.352 e. The summed E-state index contributed by atoms with van der Waals surface area (Å²) in [5.74, 6) is -0.281. The van der Waals surface area contributed by atoms with Crippen molar-refractivity contribution in [1.82, 2.24) is 15.6 Å². The number of hydrogen-bond donors (Lipinski definition) is 3. The monoisotopic (exact) mass is 292 g/mol. The zero-order valence-electron chi connectivity index (χ0n) is 10.5. The van der Waals surface area contributed by atoms with Gasteiger partial charge in [0, 0.05) is 24.7 Å². The Morgan fingerprint density at radius 2 is 1.80 bits per heavy atom. The van der Waals surface area contributed by atoms with Crippen molar-refractivity contribution < 1.29 is 9.59 Å². The summed E-state index contributed by atoms with van der Waals surface area (Å²) in [5.41, 5.74) is 5.36. The zero-order chi connectivity index (χ0) is 14.5. The summed E-state index contributed by atoms with van der Waals surface area (Å²) in [6.07, 6.45) is 1.43. The molecule has 104 valence electrons. The Kier molecular flexibility index (Phi) is 4.37. The SMILES string of the molecule is NC(=O)NCCNC(=O)c1cnc(Cl)c2ccccc12.